The fraction of sp³-hybridized carbons (Fsp3) is 0.867. The molecule has 0 aromatic carbocycles. The van der Waals surface area contributed by atoms with Crippen LogP contribution >= 0.6 is 0 Å². The minimum atomic E-state index is -0.490. The van der Waals surface area contributed by atoms with Crippen molar-refractivity contribution >= 4 is 12.2 Å². The molecule has 0 aromatic heterocycles. The summed E-state index contributed by atoms with van der Waals surface area (Å²) in [5.41, 5.74) is -0.977. The zero-order valence-corrected chi connectivity index (χ0v) is 14.4. The van der Waals surface area contributed by atoms with E-state index >= 15 is 0 Å². The van der Waals surface area contributed by atoms with Gasteiger partial charge < -0.3 is 25.4 Å². The monoisotopic (exact) mass is 315 g/mol. The Morgan fingerprint density at radius 3 is 2.00 bits per heavy atom. The third kappa shape index (κ3) is 8.71. The van der Waals surface area contributed by atoms with E-state index in [2.05, 4.69) is 16.0 Å². The first-order valence-electron chi connectivity index (χ1n) is 7.66. The van der Waals surface area contributed by atoms with E-state index in [1.807, 2.05) is 41.5 Å². The lowest BCUT2D eigenvalue weighted by atomic mass is 10.2. The van der Waals surface area contributed by atoms with Gasteiger partial charge in [0.1, 0.15) is 11.2 Å². The molecule has 0 radical (unpaired) electrons. The summed E-state index contributed by atoms with van der Waals surface area (Å²) >= 11 is 0. The number of amides is 2. The van der Waals surface area contributed by atoms with E-state index in [1.165, 1.54) is 0 Å². The average molecular weight is 315 g/mol. The van der Waals surface area contributed by atoms with Gasteiger partial charge in [0.05, 0.1) is 0 Å². The molecule has 22 heavy (non-hydrogen) atoms. The molecule has 7 nitrogen and oxygen atoms in total. The summed E-state index contributed by atoms with van der Waals surface area (Å²) < 4.78 is 10.3. The molecule has 0 saturated heterocycles. The number of carbonyl (C=O) groups is 2. The normalized spacial score (nSPS) is 21.0. The minimum absolute atomic E-state index is 0.0939. The van der Waals surface area contributed by atoms with Gasteiger partial charge in [-0.25, -0.2) is 9.59 Å². The maximum Gasteiger partial charge on any atom is 0.407 e. The van der Waals surface area contributed by atoms with Crippen LogP contribution in [-0.2, 0) is 9.47 Å². The number of ether oxygens (including phenoxy) is 2. The molecule has 2 atom stereocenters. The van der Waals surface area contributed by atoms with Gasteiger partial charge in [0.15, 0.2) is 0 Å². The van der Waals surface area contributed by atoms with Crippen molar-refractivity contribution in [3.05, 3.63) is 0 Å². The summed E-state index contributed by atoms with van der Waals surface area (Å²) in [4.78, 5) is 23.0. The lowest BCUT2D eigenvalue weighted by molar-refractivity contribution is 0.0516. The lowest BCUT2D eigenvalue weighted by Crippen LogP contribution is -2.39. The van der Waals surface area contributed by atoms with E-state index in [9.17, 15) is 9.59 Å². The van der Waals surface area contributed by atoms with Crippen molar-refractivity contribution < 1.29 is 19.1 Å². The summed E-state index contributed by atoms with van der Waals surface area (Å²) in [6, 6.07) is 0.323. The molecular weight excluding hydrogens is 286 g/mol. The van der Waals surface area contributed by atoms with Gasteiger partial charge in [0, 0.05) is 25.2 Å². The largest absolute Gasteiger partial charge is 0.444 e. The molecule has 1 rings (SSSR count). The molecule has 1 aliphatic carbocycles. The van der Waals surface area contributed by atoms with Crippen LogP contribution in [0.3, 0.4) is 0 Å². The van der Waals surface area contributed by atoms with Gasteiger partial charge >= 0.3 is 12.2 Å². The van der Waals surface area contributed by atoms with Crippen molar-refractivity contribution in [3.8, 4) is 0 Å². The summed E-state index contributed by atoms with van der Waals surface area (Å²) in [7, 11) is 0. The molecule has 1 fully saturated rings. The number of nitrogens with one attached hydrogen (secondary N) is 3. The molecule has 7 heteroatoms. The first-order chi connectivity index (χ1) is 9.96. The van der Waals surface area contributed by atoms with Crippen LogP contribution in [0.2, 0.25) is 0 Å². The van der Waals surface area contributed by atoms with Gasteiger partial charge in [-0.05, 0) is 48.0 Å². The molecule has 1 saturated carbocycles. The lowest BCUT2D eigenvalue weighted by Gasteiger charge is -2.20. The second-order valence-corrected chi connectivity index (χ2v) is 7.48. The van der Waals surface area contributed by atoms with Crippen LogP contribution in [0.4, 0.5) is 9.59 Å². The Bertz CT molecular complexity index is 399. The van der Waals surface area contributed by atoms with Gasteiger partial charge in [-0.3, -0.25) is 0 Å². The van der Waals surface area contributed by atoms with Gasteiger partial charge in [0.2, 0.25) is 0 Å². The third-order valence-electron chi connectivity index (χ3n) is 2.69. The van der Waals surface area contributed by atoms with Crippen molar-refractivity contribution in [1.29, 1.82) is 0 Å². The molecule has 2 amide bonds. The Labute approximate surface area is 132 Å². The highest BCUT2D eigenvalue weighted by Gasteiger charge is 2.38. The Morgan fingerprint density at radius 1 is 0.909 bits per heavy atom. The highest BCUT2D eigenvalue weighted by atomic mass is 16.6. The number of rotatable bonds is 5. The standard InChI is InChI=1S/C15H29N3O4/c1-14(2,3)21-12(19)17-8-7-16-10-9-11(10)18-13(20)22-15(4,5)6/h10-11,16H,7-9H2,1-6H3,(H,17,19)(H,18,20). The van der Waals surface area contributed by atoms with Crippen molar-refractivity contribution in [2.75, 3.05) is 13.1 Å². The predicted octanol–water partition coefficient (Wildman–Crippen LogP) is 1.77. The SMILES string of the molecule is CC(C)(C)OC(=O)NCCNC1CC1NC(=O)OC(C)(C)C. The summed E-state index contributed by atoms with van der Waals surface area (Å²) in [5.74, 6) is 0. The van der Waals surface area contributed by atoms with Crippen LogP contribution < -0.4 is 16.0 Å². The Morgan fingerprint density at radius 2 is 1.45 bits per heavy atom. The highest BCUT2D eigenvalue weighted by Crippen LogP contribution is 2.21. The van der Waals surface area contributed by atoms with Crippen molar-refractivity contribution in [1.82, 2.24) is 16.0 Å². The Balaban J connectivity index is 2.07. The van der Waals surface area contributed by atoms with Crippen LogP contribution in [0.25, 0.3) is 0 Å². The predicted molar refractivity (Wildman–Crippen MR) is 83.8 cm³/mol. The average Bonchev–Trinajstić information content (AvgIpc) is 2.97. The number of hydrogen-bond acceptors (Lipinski definition) is 5. The Hall–Kier alpha value is -1.50. The Kier molecular flexibility index (Phi) is 6.05. The smallest absolute Gasteiger partial charge is 0.407 e. The van der Waals surface area contributed by atoms with E-state index in [0.29, 0.717) is 13.1 Å². The molecule has 0 spiro atoms. The maximum atomic E-state index is 11.6. The molecule has 0 heterocycles. The molecule has 0 aliphatic heterocycles. The fourth-order valence-electron chi connectivity index (χ4n) is 1.78. The van der Waals surface area contributed by atoms with Gasteiger partial charge in [-0.1, -0.05) is 0 Å². The summed E-state index contributed by atoms with van der Waals surface area (Å²) in [6.45, 7) is 12.1. The van der Waals surface area contributed by atoms with Crippen LogP contribution in [0.5, 0.6) is 0 Å². The molecule has 2 unspecified atom stereocenters. The molecule has 1 aliphatic rings. The van der Waals surface area contributed by atoms with Crippen molar-refractivity contribution in [2.45, 2.75) is 71.2 Å². The number of alkyl carbamates (subject to hydrolysis) is 2. The van der Waals surface area contributed by atoms with Crippen LogP contribution in [0.1, 0.15) is 48.0 Å². The number of hydrogen-bond donors (Lipinski definition) is 3. The van der Waals surface area contributed by atoms with Crippen LogP contribution in [-0.4, -0.2) is 48.6 Å². The molecule has 3 N–H and O–H groups in total. The summed E-state index contributed by atoms with van der Waals surface area (Å²) in [5, 5.41) is 8.73. The second kappa shape index (κ2) is 7.17. The molecule has 128 valence electrons. The molecular formula is C15H29N3O4. The van der Waals surface area contributed by atoms with Crippen molar-refractivity contribution in [3.63, 3.8) is 0 Å². The van der Waals surface area contributed by atoms with Gasteiger partial charge in [-0.15, -0.1) is 0 Å². The number of carbonyl (C=O) groups excluding carboxylic acids is 2. The van der Waals surface area contributed by atoms with E-state index < -0.39 is 23.4 Å². The maximum absolute atomic E-state index is 11.6. The topological polar surface area (TPSA) is 88.7 Å². The molecule has 0 bridgehead atoms. The summed E-state index contributed by atoms with van der Waals surface area (Å²) in [6.07, 6.45) is 0.0493. The first-order valence-corrected chi connectivity index (χ1v) is 7.66. The van der Waals surface area contributed by atoms with Crippen LogP contribution in [0.15, 0.2) is 0 Å². The van der Waals surface area contributed by atoms with Crippen molar-refractivity contribution in [2.24, 2.45) is 0 Å². The van der Waals surface area contributed by atoms with E-state index in [1.54, 1.807) is 0 Å². The minimum Gasteiger partial charge on any atom is -0.444 e. The third-order valence-corrected chi connectivity index (χ3v) is 2.69. The first kappa shape index (κ1) is 18.5. The quantitative estimate of drug-likeness (QED) is 0.673. The van der Waals surface area contributed by atoms with E-state index in [4.69, 9.17) is 9.47 Å². The van der Waals surface area contributed by atoms with Crippen LogP contribution in [0, 0.1) is 0 Å². The zero-order chi connectivity index (χ0) is 17.0. The highest BCUT2D eigenvalue weighted by molar-refractivity contribution is 5.69. The zero-order valence-electron chi connectivity index (χ0n) is 14.4. The van der Waals surface area contributed by atoms with E-state index in [-0.39, 0.29) is 12.1 Å². The van der Waals surface area contributed by atoms with E-state index in [0.717, 1.165) is 6.42 Å². The van der Waals surface area contributed by atoms with Gasteiger partial charge in [-0.2, -0.15) is 0 Å². The fourth-order valence-corrected chi connectivity index (χ4v) is 1.78. The molecule has 0 aromatic rings. The second-order valence-electron chi connectivity index (χ2n) is 7.48. The van der Waals surface area contributed by atoms with Gasteiger partial charge in [0.25, 0.3) is 0 Å².